The average Bonchev–Trinajstić information content (AvgIpc) is 2.37. The van der Waals surface area contributed by atoms with Gasteiger partial charge >= 0.3 is 5.97 Å². The van der Waals surface area contributed by atoms with E-state index in [1.165, 1.54) is 32.0 Å². The molecular formula is C11H14N2O6S. The fourth-order valence-electron chi connectivity index (χ4n) is 1.39. The summed E-state index contributed by atoms with van der Waals surface area (Å²) in [5.74, 6) is -2.07. The molecule has 110 valence electrons. The highest BCUT2D eigenvalue weighted by molar-refractivity contribution is 7.89. The lowest BCUT2D eigenvalue weighted by Crippen LogP contribution is -2.39. The molecule has 1 rings (SSSR count). The van der Waals surface area contributed by atoms with Gasteiger partial charge in [-0.1, -0.05) is 13.0 Å². The zero-order valence-corrected chi connectivity index (χ0v) is 11.6. The molecule has 2 unspecified atom stereocenters. The van der Waals surface area contributed by atoms with Gasteiger partial charge in [-0.3, -0.25) is 14.9 Å². The Labute approximate surface area is 115 Å². The first-order valence-corrected chi connectivity index (χ1v) is 7.13. The van der Waals surface area contributed by atoms with E-state index in [0.29, 0.717) is 0 Å². The molecule has 0 aromatic heterocycles. The van der Waals surface area contributed by atoms with Crippen LogP contribution < -0.4 is 4.72 Å². The van der Waals surface area contributed by atoms with Crippen LogP contribution in [0.5, 0.6) is 0 Å². The van der Waals surface area contributed by atoms with Gasteiger partial charge in [-0.2, -0.15) is 0 Å². The summed E-state index contributed by atoms with van der Waals surface area (Å²) in [5.41, 5.74) is -0.355. The van der Waals surface area contributed by atoms with E-state index in [1.807, 2.05) is 0 Å². The van der Waals surface area contributed by atoms with Gasteiger partial charge in [0.15, 0.2) is 0 Å². The maximum atomic E-state index is 12.0. The molecule has 0 heterocycles. The normalized spacial score (nSPS) is 14.5. The van der Waals surface area contributed by atoms with Crippen molar-refractivity contribution in [1.82, 2.24) is 4.72 Å². The first-order chi connectivity index (χ1) is 9.15. The Morgan fingerprint density at radius 1 is 1.40 bits per heavy atom. The van der Waals surface area contributed by atoms with Gasteiger partial charge in [0.25, 0.3) is 5.69 Å². The topological polar surface area (TPSA) is 127 Å². The molecule has 1 aromatic carbocycles. The summed E-state index contributed by atoms with van der Waals surface area (Å²) in [5, 5.41) is 19.4. The number of nitro groups is 1. The standard InChI is InChI=1S/C11H14N2O6S/c1-7(11(14)15)8(2)12-20(18,19)10-5-3-4-9(6-10)13(16)17/h3-8,12H,1-2H3,(H,14,15). The van der Waals surface area contributed by atoms with Crippen LogP contribution in [-0.2, 0) is 14.8 Å². The minimum absolute atomic E-state index is 0.281. The molecule has 20 heavy (non-hydrogen) atoms. The van der Waals surface area contributed by atoms with E-state index in [9.17, 15) is 23.3 Å². The Balaban J connectivity index is 3.03. The molecule has 0 radical (unpaired) electrons. The van der Waals surface area contributed by atoms with Crippen LogP contribution in [0.4, 0.5) is 5.69 Å². The maximum Gasteiger partial charge on any atom is 0.307 e. The van der Waals surface area contributed by atoms with Crippen molar-refractivity contribution in [2.75, 3.05) is 0 Å². The minimum atomic E-state index is -4.01. The molecule has 0 spiro atoms. The van der Waals surface area contributed by atoms with Crippen LogP contribution in [0.3, 0.4) is 0 Å². The molecule has 1 aromatic rings. The summed E-state index contributed by atoms with van der Waals surface area (Å²) in [4.78, 5) is 20.4. The Morgan fingerprint density at radius 2 is 2.00 bits per heavy atom. The van der Waals surface area contributed by atoms with Crippen molar-refractivity contribution in [3.8, 4) is 0 Å². The highest BCUT2D eigenvalue weighted by Crippen LogP contribution is 2.18. The number of sulfonamides is 1. The Morgan fingerprint density at radius 3 is 2.50 bits per heavy atom. The van der Waals surface area contributed by atoms with Crippen molar-refractivity contribution in [2.45, 2.75) is 24.8 Å². The summed E-state index contributed by atoms with van der Waals surface area (Å²) in [6, 6.07) is 3.69. The first-order valence-electron chi connectivity index (χ1n) is 5.64. The molecule has 0 bridgehead atoms. The number of nitro benzene ring substituents is 1. The summed E-state index contributed by atoms with van der Waals surface area (Å²) in [6.07, 6.45) is 0. The smallest absolute Gasteiger partial charge is 0.307 e. The van der Waals surface area contributed by atoms with E-state index in [-0.39, 0.29) is 10.6 Å². The number of hydrogen-bond acceptors (Lipinski definition) is 5. The fraction of sp³-hybridized carbons (Fsp3) is 0.364. The van der Waals surface area contributed by atoms with Crippen molar-refractivity contribution >= 4 is 21.7 Å². The predicted molar refractivity (Wildman–Crippen MR) is 69.7 cm³/mol. The van der Waals surface area contributed by atoms with Gasteiger partial charge in [0.1, 0.15) is 0 Å². The highest BCUT2D eigenvalue weighted by atomic mass is 32.2. The zero-order valence-electron chi connectivity index (χ0n) is 10.8. The van der Waals surface area contributed by atoms with Gasteiger partial charge in [-0.05, 0) is 13.0 Å². The number of non-ortho nitro benzene ring substituents is 1. The van der Waals surface area contributed by atoms with Gasteiger partial charge in [-0.15, -0.1) is 0 Å². The molecule has 2 atom stereocenters. The second-order valence-corrected chi connectivity index (χ2v) is 6.01. The third-order valence-electron chi connectivity index (χ3n) is 2.82. The number of nitrogens with zero attached hydrogens (tertiary/aromatic N) is 1. The number of benzene rings is 1. The van der Waals surface area contributed by atoms with E-state index < -0.39 is 32.9 Å². The van der Waals surface area contributed by atoms with Crippen molar-refractivity contribution in [2.24, 2.45) is 5.92 Å². The molecule has 2 N–H and O–H groups in total. The van der Waals surface area contributed by atoms with Crippen molar-refractivity contribution in [3.05, 3.63) is 34.4 Å². The third kappa shape index (κ3) is 3.75. The summed E-state index contributed by atoms with van der Waals surface area (Å²) >= 11 is 0. The van der Waals surface area contributed by atoms with Crippen LogP contribution in [0.2, 0.25) is 0 Å². The van der Waals surface area contributed by atoms with E-state index in [2.05, 4.69) is 4.72 Å². The van der Waals surface area contributed by atoms with Crippen LogP contribution in [-0.4, -0.2) is 30.5 Å². The van der Waals surface area contributed by atoms with E-state index in [0.717, 1.165) is 6.07 Å². The fourth-order valence-corrected chi connectivity index (χ4v) is 2.76. The molecule has 9 heteroatoms. The number of aliphatic carboxylic acids is 1. The van der Waals surface area contributed by atoms with Crippen LogP contribution in [0.15, 0.2) is 29.2 Å². The molecule has 0 fully saturated rings. The summed E-state index contributed by atoms with van der Waals surface area (Å²) < 4.78 is 26.2. The Kier molecular flexibility index (Phi) is 4.79. The second kappa shape index (κ2) is 5.97. The lowest BCUT2D eigenvalue weighted by molar-refractivity contribution is -0.385. The summed E-state index contributed by atoms with van der Waals surface area (Å²) in [6.45, 7) is 2.77. The molecule has 8 nitrogen and oxygen atoms in total. The largest absolute Gasteiger partial charge is 0.481 e. The molecule has 0 amide bonds. The van der Waals surface area contributed by atoms with Gasteiger partial charge in [0.2, 0.25) is 10.0 Å². The van der Waals surface area contributed by atoms with Gasteiger partial charge < -0.3 is 5.11 Å². The van der Waals surface area contributed by atoms with E-state index in [4.69, 9.17) is 5.11 Å². The first kappa shape index (κ1) is 16.1. The monoisotopic (exact) mass is 302 g/mol. The van der Waals surface area contributed by atoms with Crippen LogP contribution in [0, 0.1) is 16.0 Å². The lowest BCUT2D eigenvalue weighted by atomic mass is 10.1. The molecule has 0 aliphatic carbocycles. The Hall–Kier alpha value is -2.00. The maximum absolute atomic E-state index is 12.0. The number of carboxylic acids is 1. The lowest BCUT2D eigenvalue weighted by Gasteiger charge is -2.17. The predicted octanol–water partition coefficient (Wildman–Crippen LogP) is 0.982. The van der Waals surface area contributed by atoms with Gasteiger partial charge in [-0.25, -0.2) is 13.1 Å². The quantitative estimate of drug-likeness (QED) is 0.595. The van der Waals surface area contributed by atoms with Crippen LogP contribution >= 0.6 is 0 Å². The zero-order chi connectivity index (χ0) is 15.5. The molecule has 0 saturated carbocycles. The van der Waals surface area contributed by atoms with E-state index >= 15 is 0 Å². The molecule has 0 saturated heterocycles. The van der Waals surface area contributed by atoms with E-state index in [1.54, 1.807) is 0 Å². The SMILES string of the molecule is CC(NS(=O)(=O)c1cccc([N+](=O)[O-])c1)C(C)C(=O)O. The number of nitrogens with one attached hydrogen (secondary N) is 1. The van der Waals surface area contributed by atoms with Crippen LogP contribution in [0.25, 0.3) is 0 Å². The third-order valence-corrected chi connectivity index (χ3v) is 4.38. The van der Waals surface area contributed by atoms with Crippen molar-refractivity contribution in [1.29, 1.82) is 0 Å². The number of rotatable bonds is 6. The average molecular weight is 302 g/mol. The molecule has 0 aliphatic rings. The Bertz CT molecular complexity index is 628. The highest BCUT2D eigenvalue weighted by Gasteiger charge is 2.26. The number of carbonyl (C=O) groups is 1. The van der Waals surface area contributed by atoms with Gasteiger partial charge in [0, 0.05) is 18.2 Å². The molecule has 0 aliphatic heterocycles. The van der Waals surface area contributed by atoms with Gasteiger partial charge in [0.05, 0.1) is 15.7 Å². The minimum Gasteiger partial charge on any atom is -0.481 e. The van der Waals surface area contributed by atoms with Crippen molar-refractivity contribution < 1.29 is 23.2 Å². The summed E-state index contributed by atoms with van der Waals surface area (Å²) in [7, 11) is -4.01. The number of carboxylic acid groups (broad SMARTS) is 1. The number of hydrogen-bond donors (Lipinski definition) is 2. The second-order valence-electron chi connectivity index (χ2n) is 4.29. The van der Waals surface area contributed by atoms with Crippen LogP contribution in [0.1, 0.15) is 13.8 Å². The van der Waals surface area contributed by atoms with Crippen molar-refractivity contribution in [3.63, 3.8) is 0 Å². The molecular weight excluding hydrogens is 288 g/mol.